The molecule has 2 rings (SSSR count). The first-order chi connectivity index (χ1) is 12.9. The molecule has 2 aromatic rings. The van der Waals surface area contributed by atoms with Crippen molar-refractivity contribution in [3.8, 4) is 5.75 Å². The Bertz CT molecular complexity index is 875. The number of benzene rings is 2. The number of methoxy groups -OCH3 is 2. The smallest absolute Gasteiger partial charge is 0.261 e. The van der Waals surface area contributed by atoms with Gasteiger partial charge in [-0.15, -0.1) is 12.4 Å². The summed E-state index contributed by atoms with van der Waals surface area (Å²) in [6.45, 7) is 0.335. The monoisotopic (exact) mass is 429 g/mol. The molecule has 1 amide bonds. The highest BCUT2D eigenvalue weighted by molar-refractivity contribution is 7.92. The van der Waals surface area contributed by atoms with Crippen molar-refractivity contribution in [1.82, 2.24) is 5.32 Å². The Morgan fingerprint density at radius 2 is 1.82 bits per heavy atom. The van der Waals surface area contributed by atoms with Gasteiger partial charge in [0.15, 0.2) is 0 Å². The lowest BCUT2D eigenvalue weighted by Gasteiger charge is -2.13. The van der Waals surface area contributed by atoms with E-state index in [2.05, 4.69) is 10.0 Å². The second-order valence-electron chi connectivity index (χ2n) is 5.76. The lowest BCUT2D eigenvalue weighted by Crippen LogP contribution is -2.43. The van der Waals surface area contributed by atoms with E-state index in [-0.39, 0.29) is 36.4 Å². The summed E-state index contributed by atoms with van der Waals surface area (Å²) in [5, 5.41) is 2.68. The molecule has 0 saturated heterocycles. The third kappa shape index (κ3) is 6.68. The molecule has 0 spiro atoms. The standard InChI is InChI=1S/C18H23N3O5S.ClH/c1-25-12-17(19)18(22)20-11-13-4-3-5-14(10-13)21-27(23,24)16-8-6-15(26-2)7-9-16;/h3-10,17,21H,11-12,19H2,1-2H3,(H,20,22);1H. The van der Waals surface area contributed by atoms with Gasteiger partial charge in [0.05, 0.1) is 18.6 Å². The molecule has 10 heteroatoms. The minimum Gasteiger partial charge on any atom is -0.497 e. The zero-order chi connectivity index (χ0) is 19.9. The van der Waals surface area contributed by atoms with Crippen LogP contribution in [0.2, 0.25) is 0 Å². The maximum absolute atomic E-state index is 12.5. The highest BCUT2D eigenvalue weighted by Gasteiger charge is 2.15. The minimum absolute atomic E-state index is 0. The molecule has 0 bridgehead atoms. The SMILES string of the molecule is COCC(N)C(=O)NCc1cccc(NS(=O)(=O)c2ccc(OC)cc2)c1.Cl. The van der Waals surface area contributed by atoms with Gasteiger partial charge in [-0.3, -0.25) is 9.52 Å². The van der Waals surface area contributed by atoms with Crippen LogP contribution in [0.4, 0.5) is 5.69 Å². The summed E-state index contributed by atoms with van der Waals surface area (Å²) < 4.78 is 37.4. The average molecular weight is 430 g/mol. The number of ether oxygens (including phenoxy) is 2. The molecule has 1 atom stereocenters. The molecule has 0 fully saturated rings. The molecule has 28 heavy (non-hydrogen) atoms. The van der Waals surface area contributed by atoms with Gasteiger partial charge >= 0.3 is 0 Å². The minimum atomic E-state index is -3.74. The van der Waals surface area contributed by atoms with Crippen LogP contribution in [0.25, 0.3) is 0 Å². The van der Waals surface area contributed by atoms with E-state index in [9.17, 15) is 13.2 Å². The van der Waals surface area contributed by atoms with Gasteiger partial charge < -0.3 is 20.5 Å². The summed E-state index contributed by atoms with van der Waals surface area (Å²) in [7, 11) is -0.765. The number of halogens is 1. The van der Waals surface area contributed by atoms with Crippen LogP contribution in [0, 0.1) is 0 Å². The first-order valence-corrected chi connectivity index (χ1v) is 9.62. The zero-order valence-corrected chi connectivity index (χ0v) is 17.2. The van der Waals surface area contributed by atoms with E-state index in [1.54, 1.807) is 36.4 Å². The van der Waals surface area contributed by atoms with Gasteiger partial charge in [0.25, 0.3) is 10.0 Å². The zero-order valence-electron chi connectivity index (χ0n) is 15.5. The normalized spacial score (nSPS) is 11.8. The van der Waals surface area contributed by atoms with Crippen LogP contribution in [0.1, 0.15) is 5.56 Å². The van der Waals surface area contributed by atoms with E-state index < -0.39 is 16.1 Å². The Labute approximate surface area is 170 Å². The van der Waals surface area contributed by atoms with Crippen molar-refractivity contribution >= 4 is 34.0 Å². The van der Waals surface area contributed by atoms with Gasteiger partial charge in [-0.1, -0.05) is 12.1 Å². The van der Waals surface area contributed by atoms with Gasteiger partial charge in [0, 0.05) is 19.3 Å². The van der Waals surface area contributed by atoms with Crippen molar-refractivity contribution in [3.63, 3.8) is 0 Å². The van der Waals surface area contributed by atoms with Crippen molar-refractivity contribution < 1.29 is 22.7 Å². The second-order valence-corrected chi connectivity index (χ2v) is 7.44. The topological polar surface area (TPSA) is 120 Å². The molecule has 0 saturated carbocycles. The fourth-order valence-electron chi connectivity index (χ4n) is 2.29. The number of sulfonamides is 1. The molecule has 2 aromatic carbocycles. The molecule has 0 aliphatic rings. The predicted molar refractivity (Wildman–Crippen MR) is 109 cm³/mol. The summed E-state index contributed by atoms with van der Waals surface area (Å²) in [5.41, 5.74) is 6.77. The van der Waals surface area contributed by atoms with Gasteiger partial charge in [-0.05, 0) is 42.0 Å². The molecular formula is C18H24ClN3O5S. The average Bonchev–Trinajstić information content (AvgIpc) is 2.66. The van der Waals surface area contributed by atoms with Crippen molar-refractivity contribution in [3.05, 3.63) is 54.1 Å². The number of anilines is 1. The van der Waals surface area contributed by atoms with Crippen LogP contribution in [-0.2, 0) is 26.1 Å². The predicted octanol–water partition coefficient (Wildman–Crippen LogP) is 1.51. The maximum Gasteiger partial charge on any atom is 0.261 e. The van der Waals surface area contributed by atoms with Gasteiger partial charge in [-0.25, -0.2) is 8.42 Å². The molecule has 4 N–H and O–H groups in total. The maximum atomic E-state index is 12.5. The number of rotatable bonds is 9. The highest BCUT2D eigenvalue weighted by atomic mass is 35.5. The summed E-state index contributed by atoms with van der Waals surface area (Å²) >= 11 is 0. The Kier molecular flexibility index (Phi) is 9.20. The number of carbonyl (C=O) groups is 1. The lowest BCUT2D eigenvalue weighted by atomic mass is 10.2. The Morgan fingerprint density at radius 1 is 1.14 bits per heavy atom. The first kappa shape index (κ1) is 23.7. The number of carbonyl (C=O) groups excluding carboxylic acids is 1. The van der Waals surface area contributed by atoms with Crippen LogP contribution in [0.5, 0.6) is 5.75 Å². The van der Waals surface area contributed by atoms with E-state index in [1.165, 1.54) is 26.4 Å². The third-order valence-electron chi connectivity index (χ3n) is 3.70. The summed E-state index contributed by atoms with van der Waals surface area (Å²) in [5.74, 6) is 0.222. The molecule has 1 unspecified atom stereocenters. The fraction of sp³-hybridized carbons (Fsp3) is 0.278. The van der Waals surface area contributed by atoms with E-state index in [0.29, 0.717) is 11.4 Å². The quantitative estimate of drug-likeness (QED) is 0.555. The van der Waals surface area contributed by atoms with Gasteiger partial charge in [-0.2, -0.15) is 0 Å². The third-order valence-corrected chi connectivity index (χ3v) is 5.10. The fourth-order valence-corrected chi connectivity index (χ4v) is 3.34. The Balaban J connectivity index is 0.00000392. The summed E-state index contributed by atoms with van der Waals surface area (Å²) in [4.78, 5) is 11.9. The van der Waals surface area contributed by atoms with E-state index in [0.717, 1.165) is 5.56 Å². The Hall–Kier alpha value is -2.33. The van der Waals surface area contributed by atoms with Crippen LogP contribution in [0.3, 0.4) is 0 Å². The number of nitrogens with one attached hydrogen (secondary N) is 2. The number of hydrogen-bond donors (Lipinski definition) is 3. The molecule has 0 aliphatic carbocycles. The largest absolute Gasteiger partial charge is 0.497 e. The molecule has 0 aromatic heterocycles. The first-order valence-electron chi connectivity index (χ1n) is 8.14. The second kappa shape index (κ2) is 10.9. The van der Waals surface area contributed by atoms with Gasteiger partial charge in [0.2, 0.25) is 5.91 Å². The molecule has 0 radical (unpaired) electrons. The molecule has 154 valence electrons. The summed E-state index contributed by atoms with van der Waals surface area (Å²) in [6.07, 6.45) is 0. The van der Waals surface area contributed by atoms with Crippen molar-refractivity contribution in [2.24, 2.45) is 5.73 Å². The molecule has 0 aliphatic heterocycles. The highest BCUT2D eigenvalue weighted by Crippen LogP contribution is 2.19. The van der Waals surface area contributed by atoms with Crippen molar-refractivity contribution in [2.75, 3.05) is 25.5 Å². The van der Waals surface area contributed by atoms with Crippen LogP contribution in [-0.4, -0.2) is 41.2 Å². The van der Waals surface area contributed by atoms with Gasteiger partial charge in [0.1, 0.15) is 11.8 Å². The van der Waals surface area contributed by atoms with Crippen molar-refractivity contribution in [1.29, 1.82) is 0 Å². The lowest BCUT2D eigenvalue weighted by molar-refractivity contribution is -0.123. The van der Waals surface area contributed by atoms with Crippen LogP contribution >= 0.6 is 12.4 Å². The van der Waals surface area contributed by atoms with Crippen LogP contribution < -0.4 is 20.5 Å². The molecular weight excluding hydrogens is 406 g/mol. The number of amides is 1. The number of nitrogens with two attached hydrogens (primary N) is 1. The van der Waals surface area contributed by atoms with E-state index in [1.807, 2.05) is 0 Å². The molecule has 0 heterocycles. The van der Waals surface area contributed by atoms with E-state index in [4.69, 9.17) is 15.2 Å². The Morgan fingerprint density at radius 3 is 2.43 bits per heavy atom. The summed E-state index contributed by atoms with van der Waals surface area (Å²) in [6, 6.07) is 12.0. The van der Waals surface area contributed by atoms with E-state index >= 15 is 0 Å². The number of hydrogen-bond acceptors (Lipinski definition) is 6. The molecule has 8 nitrogen and oxygen atoms in total. The van der Waals surface area contributed by atoms with Crippen LogP contribution in [0.15, 0.2) is 53.4 Å². The van der Waals surface area contributed by atoms with Crippen molar-refractivity contribution in [2.45, 2.75) is 17.5 Å².